The number of halogens is 2. The lowest BCUT2D eigenvalue weighted by Crippen LogP contribution is -2.14. The molecule has 11 heteroatoms. The Balaban J connectivity index is 1.71. The number of rotatable bonds is 7. The number of amides is 1. The van der Waals surface area contributed by atoms with Gasteiger partial charge in [-0.1, -0.05) is 23.2 Å². The van der Waals surface area contributed by atoms with E-state index in [2.05, 4.69) is 15.5 Å². The minimum absolute atomic E-state index is 0.0838. The predicted molar refractivity (Wildman–Crippen MR) is 107 cm³/mol. The minimum atomic E-state index is -1.05. The van der Waals surface area contributed by atoms with Crippen LogP contribution in [0.3, 0.4) is 0 Å². The van der Waals surface area contributed by atoms with Crippen LogP contribution in [0, 0.1) is 13.8 Å². The lowest BCUT2D eigenvalue weighted by atomic mass is 10.2. The number of hydrogen-bond donors (Lipinski definition) is 2. The topological polar surface area (TPSA) is 111 Å². The van der Waals surface area contributed by atoms with Crippen molar-refractivity contribution in [2.24, 2.45) is 0 Å². The molecule has 152 valence electrons. The summed E-state index contributed by atoms with van der Waals surface area (Å²) in [6.45, 7) is 3.30. The van der Waals surface area contributed by atoms with Gasteiger partial charge in [0.15, 0.2) is 6.73 Å². The summed E-state index contributed by atoms with van der Waals surface area (Å²) >= 11 is 12.0. The first-order valence-electron chi connectivity index (χ1n) is 8.42. The number of carboxylic acids is 1. The summed E-state index contributed by atoms with van der Waals surface area (Å²) in [6, 6.07) is 4.91. The smallest absolute Gasteiger partial charge is 0.325 e. The highest BCUT2D eigenvalue weighted by Gasteiger charge is 2.17. The van der Waals surface area contributed by atoms with Crippen LogP contribution >= 0.6 is 23.2 Å². The summed E-state index contributed by atoms with van der Waals surface area (Å²) in [6.07, 6.45) is 2.67. The molecule has 0 bridgehead atoms. The molecule has 0 saturated carbocycles. The second-order valence-corrected chi connectivity index (χ2v) is 7.01. The van der Waals surface area contributed by atoms with Crippen molar-refractivity contribution in [2.75, 3.05) is 5.32 Å². The summed E-state index contributed by atoms with van der Waals surface area (Å²) in [5.41, 5.74) is 2.05. The zero-order valence-corrected chi connectivity index (χ0v) is 17.0. The van der Waals surface area contributed by atoms with Crippen molar-refractivity contribution >= 4 is 40.8 Å². The van der Waals surface area contributed by atoms with Crippen molar-refractivity contribution in [1.29, 1.82) is 0 Å². The monoisotopic (exact) mass is 437 g/mol. The Morgan fingerprint density at radius 2 is 2.03 bits per heavy atom. The van der Waals surface area contributed by atoms with Gasteiger partial charge in [0, 0.05) is 11.2 Å². The van der Waals surface area contributed by atoms with Crippen molar-refractivity contribution in [3.8, 4) is 5.75 Å². The van der Waals surface area contributed by atoms with Crippen LogP contribution in [0.5, 0.6) is 5.75 Å². The van der Waals surface area contributed by atoms with Crippen molar-refractivity contribution in [3.05, 3.63) is 57.6 Å². The Bertz CT molecular complexity index is 1080. The lowest BCUT2D eigenvalue weighted by Gasteiger charge is -2.10. The molecule has 1 aromatic carbocycles. The van der Waals surface area contributed by atoms with Crippen LogP contribution in [0.4, 0.5) is 5.69 Å². The second-order valence-electron chi connectivity index (χ2n) is 6.17. The molecule has 0 spiro atoms. The molecule has 0 aliphatic rings. The first-order valence-corrected chi connectivity index (χ1v) is 9.17. The number of benzene rings is 1. The van der Waals surface area contributed by atoms with Gasteiger partial charge in [0.05, 0.1) is 33.9 Å². The fraction of sp³-hybridized carbons (Fsp3) is 0.222. The van der Waals surface area contributed by atoms with Gasteiger partial charge >= 0.3 is 5.97 Å². The van der Waals surface area contributed by atoms with Gasteiger partial charge in [-0.15, -0.1) is 0 Å². The Morgan fingerprint density at radius 1 is 1.28 bits per heavy atom. The summed E-state index contributed by atoms with van der Waals surface area (Å²) in [5, 5.41) is 20.7. The Hall–Kier alpha value is -3.04. The van der Waals surface area contributed by atoms with Crippen LogP contribution < -0.4 is 10.1 Å². The van der Waals surface area contributed by atoms with Gasteiger partial charge in [0.1, 0.15) is 12.3 Å². The fourth-order valence-electron chi connectivity index (χ4n) is 2.62. The van der Waals surface area contributed by atoms with Crippen LogP contribution in [0.2, 0.25) is 10.0 Å². The molecular formula is C18H17Cl2N5O4. The molecule has 0 atom stereocenters. The van der Waals surface area contributed by atoms with Crippen molar-refractivity contribution < 1.29 is 19.4 Å². The zero-order valence-electron chi connectivity index (χ0n) is 15.5. The highest BCUT2D eigenvalue weighted by Crippen LogP contribution is 2.28. The van der Waals surface area contributed by atoms with Crippen LogP contribution in [-0.4, -0.2) is 36.5 Å². The third-order valence-electron chi connectivity index (χ3n) is 4.05. The quantitative estimate of drug-likeness (QED) is 0.585. The van der Waals surface area contributed by atoms with E-state index in [9.17, 15) is 9.59 Å². The van der Waals surface area contributed by atoms with E-state index < -0.39 is 11.9 Å². The fourth-order valence-corrected chi connectivity index (χ4v) is 3.08. The zero-order chi connectivity index (χ0) is 21.1. The number of carboxylic acid groups (broad SMARTS) is 1. The number of ether oxygens (including phenoxy) is 1. The van der Waals surface area contributed by atoms with Gasteiger partial charge in [0.2, 0.25) is 0 Å². The molecule has 2 N–H and O–H groups in total. The summed E-state index contributed by atoms with van der Waals surface area (Å²) < 4.78 is 8.44. The van der Waals surface area contributed by atoms with Gasteiger partial charge in [0.25, 0.3) is 5.91 Å². The molecule has 0 fully saturated rings. The van der Waals surface area contributed by atoms with E-state index in [-0.39, 0.29) is 18.8 Å². The Morgan fingerprint density at radius 3 is 2.72 bits per heavy atom. The maximum absolute atomic E-state index is 12.5. The lowest BCUT2D eigenvalue weighted by molar-refractivity contribution is -0.137. The van der Waals surface area contributed by atoms with Gasteiger partial charge in [-0.3, -0.25) is 14.3 Å². The molecule has 3 rings (SSSR count). The average molecular weight is 438 g/mol. The maximum Gasteiger partial charge on any atom is 0.325 e. The van der Waals surface area contributed by atoms with E-state index in [1.807, 2.05) is 0 Å². The molecule has 2 aromatic heterocycles. The average Bonchev–Trinajstić information content (AvgIpc) is 3.20. The normalized spacial score (nSPS) is 10.8. The van der Waals surface area contributed by atoms with E-state index in [1.54, 1.807) is 36.7 Å². The van der Waals surface area contributed by atoms with Crippen LogP contribution in [0.25, 0.3) is 0 Å². The van der Waals surface area contributed by atoms with Crippen LogP contribution in [-0.2, 0) is 18.1 Å². The molecule has 0 saturated heterocycles. The molecule has 3 aromatic rings. The molecule has 0 unspecified atom stereocenters. The third-order valence-corrected chi connectivity index (χ3v) is 4.58. The number of aromatic nitrogens is 4. The molecule has 1 amide bonds. The summed E-state index contributed by atoms with van der Waals surface area (Å²) in [7, 11) is 0. The van der Waals surface area contributed by atoms with E-state index in [4.69, 9.17) is 33.0 Å². The molecule has 29 heavy (non-hydrogen) atoms. The number of aliphatic carboxylic acids is 1. The standard InChI is InChI=1S/C18H17Cl2N5O4/c1-10-17(22-18(28)12-6-21-24(7-12)8-16(26)27)11(2)25(23-10)9-29-15-4-3-13(19)5-14(15)20/h3-7H,8-9H2,1-2H3,(H,22,28)(H,26,27). The number of carbonyl (C=O) groups excluding carboxylic acids is 1. The van der Waals surface area contributed by atoms with Crippen LogP contribution in [0.1, 0.15) is 21.7 Å². The Labute approximate surface area is 175 Å². The summed E-state index contributed by atoms with van der Waals surface area (Å²) in [5.74, 6) is -1.01. The van der Waals surface area contributed by atoms with Crippen LogP contribution in [0.15, 0.2) is 30.6 Å². The number of aryl methyl sites for hydroxylation is 1. The number of anilines is 1. The second kappa shape index (κ2) is 8.54. The predicted octanol–water partition coefficient (Wildman–Crippen LogP) is 3.38. The van der Waals surface area contributed by atoms with Gasteiger partial charge < -0.3 is 15.2 Å². The van der Waals surface area contributed by atoms with Gasteiger partial charge in [-0.25, -0.2) is 4.68 Å². The molecular weight excluding hydrogens is 421 g/mol. The first kappa shape index (κ1) is 20.7. The minimum Gasteiger partial charge on any atom is -0.480 e. The summed E-state index contributed by atoms with van der Waals surface area (Å²) in [4.78, 5) is 23.2. The first-order chi connectivity index (χ1) is 13.7. The van der Waals surface area contributed by atoms with E-state index in [0.717, 1.165) is 0 Å². The molecule has 0 aliphatic carbocycles. The molecule has 2 heterocycles. The third kappa shape index (κ3) is 4.87. The Kier molecular flexibility index (Phi) is 6.09. The van der Waals surface area contributed by atoms with Gasteiger partial charge in [-0.05, 0) is 32.0 Å². The van der Waals surface area contributed by atoms with Crippen molar-refractivity contribution in [3.63, 3.8) is 0 Å². The van der Waals surface area contributed by atoms with E-state index in [1.165, 1.54) is 17.1 Å². The number of carbonyl (C=O) groups is 2. The number of nitrogens with zero attached hydrogens (tertiary/aromatic N) is 4. The molecule has 0 radical (unpaired) electrons. The van der Waals surface area contributed by atoms with Gasteiger partial charge in [-0.2, -0.15) is 10.2 Å². The molecule has 9 nitrogen and oxygen atoms in total. The number of hydrogen-bond acceptors (Lipinski definition) is 5. The molecule has 0 aliphatic heterocycles. The SMILES string of the molecule is Cc1nn(COc2ccc(Cl)cc2Cl)c(C)c1NC(=O)c1cnn(CC(=O)O)c1. The highest BCUT2D eigenvalue weighted by atomic mass is 35.5. The largest absolute Gasteiger partial charge is 0.480 e. The van der Waals surface area contributed by atoms with E-state index >= 15 is 0 Å². The highest BCUT2D eigenvalue weighted by molar-refractivity contribution is 6.35. The van der Waals surface area contributed by atoms with E-state index in [0.29, 0.717) is 32.9 Å². The number of nitrogens with one attached hydrogen (secondary N) is 1. The van der Waals surface area contributed by atoms with Crippen molar-refractivity contribution in [1.82, 2.24) is 19.6 Å². The maximum atomic E-state index is 12.5. The van der Waals surface area contributed by atoms with Crippen molar-refractivity contribution in [2.45, 2.75) is 27.1 Å².